The van der Waals surface area contributed by atoms with E-state index >= 15 is 0 Å². The highest BCUT2D eigenvalue weighted by molar-refractivity contribution is 14.0. The number of furan rings is 1. The van der Waals surface area contributed by atoms with Gasteiger partial charge in [-0.15, -0.1) is 24.0 Å². The van der Waals surface area contributed by atoms with Crippen LogP contribution in [0.1, 0.15) is 48.6 Å². The molecule has 2 N–H and O–H groups in total. The predicted octanol–water partition coefficient (Wildman–Crippen LogP) is 4.00. The summed E-state index contributed by atoms with van der Waals surface area (Å²) in [6, 6.07) is 13.2. The average Bonchev–Trinajstić information content (AvgIpc) is 3.56. The van der Waals surface area contributed by atoms with Crippen molar-refractivity contribution >= 4 is 29.9 Å². The molecule has 1 atom stereocenters. The number of guanidine groups is 1. The van der Waals surface area contributed by atoms with E-state index in [0.717, 1.165) is 44.4 Å². The Kier molecular flexibility index (Phi) is 9.67. The standard InChI is InChI=1S/C24H35N5O.HI/c1-25-24(27-18-22(23-7-6-16-30-23)29-14-4-5-15-29)26-17-20-8-10-21(11-9-20)19-28-12-2-3-13-28;/h6-11,16,22H,2-5,12-15,17-19H2,1H3,(H2,25,26,27);1H. The molecular weight excluding hydrogens is 501 g/mol. The van der Waals surface area contributed by atoms with E-state index in [1.807, 2.05) is 13.1 Å². The number of likely N-dealkylation sites (tertiary alicyclic amines) is 2. The first-order valence-electron chi connectivity index (χ1n) is 11.3. The van der Waals surface area contributed by atoms with Gasteiger partial charge in [0.1, 0.15) is 5.76 Å². The summed E-state index contributed by atoms with van der Waals surface area (Å²) in [4.78, 5) is 9.44. The number of hydrogen-bond acceptors (Lipinski definition) is 4. The van der Waals surface area contributed by atoms with Crippen LogP contribution in [0.15, 0.2) is 52.1 Å². The molecule has 0 radical (unpaired) electrons. The Morgan fingerprint density at radius 2 is 1.65 bits per heavy atom. The molecule has 170 valence electrons. The van der Waals surface area contributed by atoms with E-state index in [9.17, 15) is 0 Å². The first kappa shape index (κ1) is 24.1. The van der Waals surface area contributed by atoms with Crippen molar-refractivity contribution in [1.29, 1.82) is 0 Å². The molecule has 0 amide bonds. The summed E-state index contributed by atoms with van der Waals surface area (Å²) in [5, 5.41) is 6.94. The molecule has 0 bridgehead atoms. The summed E-state index contributed by atoms with van der Waals surface area (Å²) in [5.41, 5.74) is 2.67. The van der Waals surface area contributed by atoms with Crippen LogP contribution in [0.3, 0.4) is 0 Å². The zero-order chi connectivity index (χ0) is 20.6. The van der Waals surface area contributed by atoms with Crippen LogP contribution >= 0.6 is 24.0 Å². The monoisotopic (exact) mass is 537 g/mol. The Balaban J connectivity index is 0.00000272. The Morgan fingerprint density at radius 3 is 2.29 bits per heavy atom. The Morgan fingerprint density at radius 1 is 0.968 bits per heavy atom. The first-order chi connectivity index (χ1) is 14.8. The third-order valence-corrected chi connectivity index (χ3v) is 6.23. The van der Waals surface area contributed by atoms with Crippen molar-refractivity contribution in [3.63, 3.8) is 0 Å². The zero-order valence-electron chi connectivity index (χ0n) is 18.6. The van der Waals surface area contributed by atoms with E-state index in [4.69, 9.17) is 4.42 Å². The minimum atomic E-state index is 0. The van der Waals surface area contributed by atoms with E-state index < -0.39 is 0 Å². The number of hydrogen-bond donors (Lipinski definition) is 2. The van der Waals surface area contributed by atoms with E-state index in [1.165, 1.54) is 49.9 Å². The topological polar surface area (TPSA) is 56.0 Å². The van der Waals surface area contributed by atoms with Crippen LogP contribution in [0, 0.1) is 0 Å². The van der Waals surface area contributed by atoms with Crippen LogP contribution in [-0.4, -0.2) is 55.5 Å². The Bertz CT molecular complexity index is 781. The van der Waals surface area contributed by atoms with Crippen molar-refractivity contribution in [2.75, 3.05) is 39.8 Å². The normalized spacial score (nSPS) is 18.7. The average molecular weight is 537 g/mol. The smallest absolute Gasteiger partial charge is 0.191 e. The van der Waals surface area contributed by atoms with Crippen LogP contribution in [0.2, 0.25) is 0 Å². The minimum Gasteiger partial charge on any atom is -0.468 e. The van der Waals surface area contributed by atoms with Crippen LogP contribution < -0.4 is 10.6 Å². The van der Waals surface area contributed by atoms with Gasteiger partial charge >= 0.3 is 0 Å². The SMILES string of the molecule is CN=C(NCc1ccc(CN2CCCC2)cc1)NCC(c1ccco1)N1CCCC1.I. The maximum Gasteiger partial charge on any atom is 0.191 e. The van der Waals surface area contributed by atoms with Gasteiger partial charge < -0.3 is 15.1 Å². The van der Waals surface area contributed by atoms with Gasteiger partial charge in [-0.2, -0.15) is 0 Å². The maximum absolute atomic E-state index is 5.72. The van der Waals surface area contributed by atoms with Crippen LogP contribution in [0.4, 0.5) is 0 Å². The molecule has 2 aliphatic heterocycles. The lowest BCUT2D eigenvalue weighted by Gasteiger charge is -2.26. The molecule has 3 heterocycles. The molecule has 7 heteroatoms. The Hall–Kier alpha value is -1.58. The summed E-state index contributed by atoms with van der Waals surface area (Å²) < 4.78 is 5.72. The van der Waals surface area contributed by atoms with Gasteiger partial charge in [-0.25, -0.2) is 0 Å². The molecule has 31 heavy (non-hydrogen) atoms. The third-order valence-electron chi connectivity index (χ3n) is 6.23. The van der Waals surface area contributed by atoms with Crippen molar-refractivity contribution in [3.8, 4) is 0 Å². The highest BCUT2D eigenvalue weighted by atomic mass is 127. The number of halogens is 1. The number of rotatable bonds is 8. The highest BCUT2D eigenvalue weighted by Crippen LogP contribution is 2.24. The van der Waals surface area contributed by atoms with E-state index in [2.05, 4.69) is 55.8 Å². The number of nitrogens with one attached hydrogen (secondary N) is 2. The summed E-state index contributed by atoms with van der Waals surface area (Å²) >= 11 is 0. The van der Waals surface area contributed by atoms with Gasteiger partial charge in [-0.05, 0) is 75.1 Å². The van der Waals surface area contributed by atoms with E-state index in [0.29, 0.717) is 0 Å². The van der Waals surface area contributed by atoms with Gasteiger partial charge in [-0.3, -0.25) is 14.8 Å². The zero-order valence-corrected chi connectivity index (χ0v) is 20.9. The van der Waals surface area contributed by atoms with Gasteiger partial charge in [0.25, 0.3) is 0 Å². The molecule has 2 aromatic rings. The largest absolute Gasteiger partial charge is 0.468 e. The number of benzene rings is 1. The second-order valence-corrected chi connectivity index (χ2v) is 8.38. The summed E-state index contributed by atoms with van der Waals surface area (Å²) in [6.07, 6.45) is 6.97. The quantitative estimate of drug-likeness (QED) is 0.303. The fourth-order valence-electron chi connectivity index (χ4n) is 4.50. The molecule has 1 aromatic carbocycles. The summed E-state index contributed by atoms with van der Waals surface area (Å²) in [5.74, 6) is 1.85. The molecular formula is C24H36IN5O. The molecule has 6 nitrogen and oxygen atoms in total. The highest BCUT2D eigenvalue weighted by Gasteiger charge is 2.25. The van der Waals surface area contributed by atoms with Crippen molar-refractivity contribution in [1.82, 2.24) is 20.4 Å². The van der Waals surface area contributed by atoms with E-state index in [1.54, 1.807) is 6.26 Å². The first-order valence-corrected chi connectivity index (χ1v) is 11.3. The predicted molar refractivity (Wildman–Crippen MR) is 137 cm³/mol. The lowest BCUT2D eigenvalue weighted by atomic mass is 10.1. The van der Waals surface area contributed by atoms with E-state index in [-0.39, 0.29) is 30.0 Å². The Labute approximate surface area is 203 Å². The molecule has 1 aromatic heterocycles. The van der Waals surface area contributed by atoms with Crippen molar-refractivity contribution in [2.24, 2.45) is 4.99 Å². The van der Waals surface area contributed by atoms with Crippen LogP contribution in [0.5, 0.6) is 0 Å². The molecule has 2 saturated heterocycles. The molecule has 0 aliphatic carbocycles. The van der Waals surface area contributed by atoms with Gasteiger partial charge in [0.15, 0.2) is 5.96 Å². The fourth-order valence-corrected chi connectivity index (χ4v) is 4.50. The van der Waals surface area contributed by atoms with Gasteiger partial charge in [-0.1, -0.05) is 24.3 Å². The van der Waals surface area contributed by atoms with Gasteiger partial charge in [0.2, 0.25) is 0 Å². The lowest BCUT2D eigenvalue weighted by Crippen LogP contribution is -2.42. The lowest BCUT2D eigenvalue weighted by molar-refractivity contribution is 0.215. The summed E-state index contributed by atoms with van der Waals surface area (Å²) in [6.45, 7) is 7.34. The van der Waals surface area contributed by atoms with Crippen molar-refractivity contribution in [2.45, 2.75) is 44.8 Å². The van der Waals surface area contributed by atoms with Crippen LogP contribution in [0.25, 0.3) is 0 Å². The molecule has 2 fully saturated rings. The maximum atomic E-state index is 5.72. The second kappa shape index (κ2) is 12.5. The van der Waals surface area contributed by atoms with Crippen molar-refractivity contribution in [3.05, 3.63) is 59.5 Å². The minimum absolute atomic E-state index is 0. The van der Waals surface area contributed by atoms with Crippen molar-refractivity contribution < 1.29 is 4.42 Å². The molecule has 2 aliphatic rings. The summed E-state index contributed by atoms with van der Waals surface area (Å²) in [7, 11) is 1.83. The molecule has 1 unspecified atom stereocenters. The number of nitrogens with zero attached hydrogens (tertiary/aromatic N) is 3. The van der Waals surface area contributed by atoms with Gasteiger partial charge in [0.05, 0.1) is 12.3 Å². The van der Waals surface area contributed by atoms with Gasteiger partial charge in [0, 0.05) is 26.7 Å². The third kappa shape index (κ3) is 6.95. The van der Waals surface area contributed by atoms with Crippen LogP contribution in [-0.2, 0) is 13.1 Å². The molecule has 0 saturated carbocycles. The second-order valence-electron chi connectivity index (χ2n) is 8.38. The fraction of sp³-hybridized carbons (Fsp3) is 0.542. The molecule has 4 rings (SSSR count). The molecule has 0 spiro atoms. The number of aliphatic imine (C=N–C) groups is 1.